The fourth-order valence-electron chi connectivity index (χ4n) is 2.21. The summed E-state index contributed by atoms with van der Waals surface area (Å²) in [4.78, 5) is -0.235. The summed E-state index contributed by atoms with van der Waals surface area (Å²) in [6.45, 7) is 0.555. The first kappa shape index (κ1) is 17.9. The smallest absolute Gasteiger partial charge is 0.244 e. The van der Waals surface area contributed by atoms with E-state index in [4.69, 9.17) is 17.3 Å². The third-order valence-electron chi connectivity index (χ3n) is 3.38. The number of rotatable bonds is 7. The van der Waals surface area contributed by atoms with E-state index in [1.165, 1.54) is 10.4 Å². The molecule has 0 amide bonds. The average Bonchev–Trinajstić information content (AvgIpc) is 2.54. The topological polar surface area (TPSA) is 63.4 Å². The second-order valence-corrected chi connectivity index (χ2v) is 7.32. The Morgan fingerprint density at radius 2 is 1.78 bits per heavy atom. The molecule has 2 aromatic carbocycles. The van der Waals surface area contributed by atoms with Crippen LogP contribution in [0.4, 0.5) is 4.39 Å². The Hall–Kier alpha value is -1.47. The van der Waals surface area contributed by atoms with Crippen LogP contribution in [-0.4, -0.2) is 32.4 Å². The fourth-order valence-corrected chi connectivity index (χ4v) is 4.15. The van der Waals surface area contributed by atoms with Crippen molar-refractivity contribution >= 4 is 21.6 Å². The molecule has 23 heavy (non-hydrogen) atoms. The van der Waals surface area contributed by atoms with Gasteiger partial charge in [0.1, 0.15) is 10.7 Å². The Balaban J connectivity index is 2.26. The second kappa shape index (κ2) is 7.88. The van der Waals surface area contributed by atoms with Crippen molar-refractivity contribution in [3.05, 3.63) is 64.9 Å². The number of halogens is 2. The van der Waals surface area contributed by atoms with Crippen LogP contribution in [0.15, 0.2) is 53.4 Å². The molecule has 0 saturated heterocycles. The van der Waals surface area contributed by atoms with E-state index in [9.17, 15) is 12.8 Å². The predicted octanol–water partition coefficient (Wildman–Crippen LogP) is 2.67. The Kier molecular flexibility index (Phi) is 6.12. The Morgan fingerprint density at radius 3 is 2.43 bits per heavy atom. The molecule has 0 aliphatic carbocycles. The fraction of sp³-hybridized carbons (Fsp3) is 0.250. The number of hydrogen-bond acceptors (Lipinski definition) is 3. The molecule has 0 spiro atoms. The second-order valence-electron chi connectivity index (χ2n) is 5.00. The first-order chi connectivity index (χ1) is 10.9. The van der Waals surface area contributed by atoms with E-state index in [2.05, 4.69) is 0 Å². The maximum absolute atomic E-state index is 13.4. The molecule has 0 fully saturated rings. The summed E-state index contributed by atoms with van der Waals surface area (Å²) in [7, 11) is -3.91. The van der Waals surface area contributed by atoms with Crippen LogP contribution < -0.4 is 5.73 Å². The lowest BCUT2D eigenvalue weighted by atomic mass is 10.1. The first-order valence-electron chi connectivity index (χ1n) is 7.14. The largest absolute Gasteiger partial charge is 0.329 e. The van der Waals surface area contributed by atoms with E-state index in [0.717, 1.165) is 17.7 Å². The van der Waals surface area contributed by atoms with Gasteiger partial charge in [0.05, 0.1) is 5.02 Å². The zero-order valence-corrected chi connectivity index (χ0v) is 14.0. The van der Waals surface area contributed by atoms with Gasteiger partial charge in [-0.25, -0.2) is 12.8 Å². The van der Waals surface area contributed by atoms with Crippen LogP contribution in [0.2, 0.25) is 5.02 Å². The normalized spacial score (nSPS) is 11.8. The van der Waals surface area contributed by atoms with Gasteiger partial charge in [-0.1, -0.05) is 41.9 Å². The Labute approximate surface area is 140 Å². The van der Waals surface area contributed by atoms with Gasteiger partial charge < -0.3 is 5.73 Å². The van der Waals surface area contributed by atoms with E-state index in [0.29, 0.717) is 6.42 Å². The molecule has 0 unspecified atom stereocenters. The van der Waals surface area contributed by atoms with E-state index in [1.807, 2.05) is 30.3 Å². The molecule has 0 atom stereocenters. The van der Waals surface area contributed by atoms with Crippen molar-refractivity contribution in [2.75, 3.05) is 19.6 Å². The summed E-state index contributed by atoms with van der Waals surface area (Å²) < 4.78 is 40.1. The molecule has 0 saturated carbocycles. The van der Waals surface area contributed by atoms with Crippen molar-refractivity contribution in [2.45, 2.75) is 11.3 Å². The minimum absolute atomic E-state index is 0.00636. The van der Waals surface area contributed by atoms with Crippen LogP contribution in [0.25, 0.3) is 0 Å². The zero-order chi connectivity index (χ0) is 16.9. The van der Waals surface area contributed by atoms with Crippen LogP contribution in [-0.2, 0) is 16.4 Å². The molecule has 0 radical (unpaired) electrons. The molecule has 0 bridgehead atoms. The lowest BCUT2D eigenvalue weighted by Crippen LogP contribution is -2.37. The van der Waals surface area contributed by atoms with Gasteiger partial charge in [-0.15, -0.1) is 0 Å². The predicted molar refractivity (Wildman–Crippen MR) is 89.4 cm³/mol. The highest BCUT2D eigenvalue weighted by Crippen LogP contribution is 2.25. The van der Waals surface area contributed by atoms with Crippen molar-refractivity contribution in [3.8, 4) is 0 Å². The minimum Gasteiger partial charge on any atom is -0.329 e. The van der Waals surface area contributed by atoms with Crippen LogP contribution in [0.1, 0.15) is 5.56 Å². The van der Waals surface area contributed by atoms with Crippen LogP contribution >= 0.6 is 11.6 Å². The summed E-state index contributed by atoms with van der Waals surface area (Å²) >= 11 is 5.94. The summed E-state index contributed by atoms with van der Waals surface area (Å²) in [5.41, 5.74) is 6.54. The molecule has 4 nitrogen and oxygen atoms in total. The number of sulfonamides is 1. The molecular weight excluding hydrogens is 339 g/mol. The molecule has 2 rings (SSSR count). The maximum atomic E-state index is 13.4. The van der Waals surface area contributed by atoms with E-state index < -0.39 is 15.8 Å². The van der Waals surface area contributed by atoms with E-state index in [-0.39, 0.29) is 29.6 Å². The molecule has 2 aromatic rings. The molecule has 7 heteroatoms. The van der Waals surface area contributed by atoms with E-state index >= 15 is 0 Å². The summed E-state index contributed by atoms with van der Waals surface area (Å²) in [5, 5.41) is -0.00636. The Bertz CT molecular complexity index is 754. The number of nitrogens with two attached hydrogens (primary N) is 1. The average molecular weight is 357 g/mol. The van der Waals surface area contributed by atoms with Gasteiger partial charge in [-0.2, -0.15) is 4.31 Å². The molecule has 0 aromatic heterocycles. The van der Waals surface area contributed by atoms with Crippen LogP contribution in [0, 0.1) is 5.82 Å². The van der Waals surface area contributed by atoms with Gasteiger partial charge in [0.15, 0.2) is 0 Å². The SMILES string of the molecule is NCCN(CCc1ccccc1)S(=O)(=O)c1cc(F)ccc1Cl. The van der Waals surface area contributed by atoms with Gasteiger partial charge in [0.25, 0.3) is 0 Å². The molecule has 0 aliphatic rings. The highest BCUT2D eigenvalue weighted by molar-refractivity contribution is 7.89. The molecule has 2 N–H and O–H groups in total. The third-order valence-corrected chi connectivity index (χ3v) is 5.76. The van der Waals surface area contributed by atoms with Gasteiger partial charge in [-0.05, 0) is 30.2 Å². The number of benzene rings is 2. The standard InChI is InChI=1S/C16H18ClFN2O2S/c17-15-7-6-14(18)12-16(15)23(21,22)20(11-9-19)10-8-13-4-2-1-3-5-13/h1-7,12H,8-11,19H2. The quantitative estimate of drug-likeness (QED) is 0.829. The van der Waals surface area contributed by atoms with Crippen molar-refractivity contribution in [1.29, 1.82) is 0 Å². The number of nitrogens with zero attached hydrogens (tertiary/aromatic N) is 1. The highest BCUT2D eigenvalue weighted by Gasteiger charge is 2.26. The van der Waals surface area contributed by atoms with Gasteiger partial charge in [0.2, 0.25) is 10.0 Å². The summed E-state index contributed by atoms with van der Waals surface area (Å²) in [6, 6.07) is 12.8. The maximum Gasteiger partial charge on any atom is 0.244 e. The van der Waals surface area contributed by atoms with Gasteiger partial charge in [-0.3, -0.25) is 0 Å². The van der Waals surface area contributed by atoms with E-state index in [1.54, 1.807) is 0 Å². The van der Waals surface area contributed by atoms with Crippen LogP contribution in [0.5, 0.6) is 0 Å². The molecular formula is C16H18ClFN2O2S. The van der Waals surface area contributed by atoms with Crippen molar-refractivity contribution < 1.29 is 12.8 Å². The van der Waals surface area contributed by atoms with Gasteiger partial charge >= 0.3 is 0 Å². The minimum atomic E-state index is -3.91. The molecule has 0 heterocycles. The molecule has 124 valence electrons. The molecule has 0 aliphatic heterocycles. The van der Waals surface area contributed by atoms with Crippen molar-refractivity contribution in [1.82, 2.24) is 4.31 Å². The zero-order valence-electron chi connectivity index (χ0n) is 12.5. The summed E-state index contributed by atoms with van der Waals surface area (Å²) in [5.74, 6) is -0.649. The Morgan fingerprint density at radius 1 is 1.09 bits per heavy atom. The lowest BCUT2D eigenvalue weighted by Gasteiger charge is -2.22. The summed E-state index contributed by atoms with van der Waals surface area (Å²) in [6.07, 6.45) is 0.535. The third kappa shape index (κ3) is 4.51. The highest BCUT2D eigenvalue weighted by atomic mass is 35.5. The van der Waals surface area contributed by atoms with Crippen LogP contribution in [0.3, 0.4) is 0 Å². The number of hydrogen-bond donors (Lipinski definition) is 1. The van der Waals surface area contributed by atoms with Crippen molar-refractivity contribution in [3.63, 3.8) is 0 Å². The monoisotopic (exact) mass is 356 g/mol. The van der Waals surface area contributed by atoms with Crippen molar-refractivity contribution in [2.24, 2.45) is 5.73 Å². The first-order valence-corrected chi connectivity index (χ1v) is 8.96. The van der Waals surface area contributed by atoms with Gasteiger partial charge in [0, 0.05) is 19.6 Å². The lowest BCUT2D eigenvalue weighted by molar-refractivity contribution is 0.421.